The first kappa shape index (κ1) is 13.1. The van der Waals surface area contributed by atoms with Crippen LogP contribution in [0.5, 0.6) is 0 Å². The molecule has 0 fully saturated rings. The third-order valence-corrected chi connectivity index (χ3v) is 4.43. The van der Waals surface area contributed by atoms with Gasteiger partial charge in [-0.2, -0.15) is 5.10 Å². The number of nitrogens with one attached hydrogen (secondary N) is 2. The maximum absolute atomic E-state index is 11.9. The minimum atomic E-state index is -3.56. The van der Waals surface area contributed by atoms with Crippen LogP contribution >= 0.6 is 0 Å². The predicted molar refractivity (Wildman–Crippen MR) is 61.2 cm³/mol. The number of sulfonamides is 1. The number of rotatable bonds is 5. The average Bonchev–Trinajstić information content (AvgIpc) is 2.70. The van der Waals surface area contributed by atoms with Crippen molar-refractivity contribution in [1.82, 2.24) is 14.9 Å². The molecule has 0 saturated carbocycles. The number of hydrogen-bond acceptors (Lipinski definition) is 4. The van der Waals surface area contributed by atoms with Crippen molar-refractivity contribution in [3.05, 3.63) is 12.4 Å². The molecule has 0 aromatic carbocycles. The van der Waals surface area contributed by atoms with Gasteiger partial charge in [0.1, 0.15) is 4.90 Å². The summed E-state index contributed by atoms with van der Waals surface area (Å²) >= 11 is 0. The smallest absolute Gasteiger partial charge is 0.244 e. The molecule has 1 heterocycles. The summed E-state index contributed by atoms with van der Waals surface area (Å²) in [6.45, 7) is 5.87. The van der Waals surface area contributed by atoms with E-state index in [1.165, 1.54) is 12.4 Å². The van der Waals surface area contributed by atoms with Crippen LogP contribution in [0, 0.1) is 5.92 Å². The van der Waals surface area contributed by atoms with E-state index < -0.39 is 15.6 Å². The molecule has 0 saturated heterocycles. The molecule has 1 aromatic heterocycles. The van der Waals surface area contributed by atoms with Gasteiger partial charge in [-0.05, 0) is 12.8 Å². The minimum absolute atomic E-state index is 0.0965. The van der Waals surface area contributed by atoms with Crippen molar-refractivity contribution in [1.29, 1.82) is 0 Å². The SMILES string of the molecule is CC(C)C(C)(CN)NS(=O)(=O)c1cn[nH]c1. The van der Waals surface area contributed by atoms with Crippen molar-refractivity contribution in [3.8, 4) is 0 Å². The van der Waals surface area contributed by atoms with Gasteiger partial charge in [-0.15, -0.1) is 0 Å². The van der Waals surface area contributed by atoms with Crippen LogP contribution < -0.4 is 10.5 Å². The zero-order chi connectivity index (χ0) is 12.4. The van der Waals surface area contributed by atoms with Gasteiger partial charge in [-0.3, -0.25) is 5.10 Å². The first-order valence-corrected chi connectivity index (χ1v) is 6.53. The van der Waals surface area contributed by atoms with Crippen molar-refractivity contribution < 1.29 is 8.42 Å². The first-order chi connectivity index (χ1) is 7.32. The highest BCUT2D eigenvalue weighted by molar-refractivity contribution is 7.89. The molecule has 0 spiro atoms. The third kappa shape index (κ3) is 2.60. The van der Waals surface area contributed by atoms with Crippen LogP contribution in [0.2, 0.25) is 0 Å². The van der Waals surface area contributed by atoms with E-state index in [0.717, 1.165) is 0 Å². The summed E-state index contributed by atoms with van der Waals surface area (Å²) in [4.78, 5) is 0.118. The minimum Gasteiger partial charge on any atom is -0.329 e. The molecule has 1 rings (SSSR count). The Balaban J connectivity index is 2.97. The summed E-state index contributed by atoms with van der Waals surface area (Å²) in [5, 5.41) is 6.08. The van der Waals surface area contributed by atoms with E-state index in [1.54, 1.807) is 6.92 Å². The predicted octanol–water partition coefficient (Wildman–Crippen LogP) is 0.0614. The second kappa shape index (κ2) is 4.52. The molecule has 0 radical (unpaired) electrons. The Hall–Kier alpha value is -0.920. The summed E-state index contributed by atoms with van der Waals surface area (Å²) in [6, 6.07) is 0. The molecule has 0 aliphatic carbocycles. The van der Waals surface area contributed by atoms with Crippen molar-refractivity contribution in [2.45, 2.75) is 31.2 Å². The third-order valence-electron chi connectivity index (χ3n) is 2.85. The maximum atomic E-state index is 11.9. The van der Waals surface area contributed by atoms with Crippen LogP contribution in [-0.4, -0.2) is 30.7 Å². The lowest BCUT2D eigenvalue weighted by atomic mass is 9.90. The van der Waals surface area contributed by atoms with Crippen LogP contribution in [0.15, 0.2) is 17.3 Å². The van der Waals surface area contributed by atoms with Gasteiger partial charge in [0.15, 0.2) is 0 Å². The van der Waals surface area contributed by atoms with E-state index >= 15 is 0 Å². The molecule has 4 N–H and O–H groups in total. The van der Waals surface area contributed by atoms with Crippen LogP contribution in [0.1, 0.15) is 20.8 Å². The number of nitrogens with two attached hydrogens (primary N) is 1. The van der Waals surface area contributed by atoms with Gasteiger partial charge in [-0.25, -0.2) is 13.1 Å². The van der Waals surface area contributed by atoms with Crippen molar-refractivity contribution in [3.63, 3.8) is 0 Å². The topological polar surface area (TPSA) is 101 Å². The van der Waals surface area contributed by atoms with Gasteiger partial charge < -0.3 is 5.73 Å². The highest BCUT2D eigenvalue weighted by atomic mass is 32.2. The quantitative estimate of drug-likeness (QED) is 0.684. The standard InChI is InChI=1S/C9H18N4O2S/c1-7(2)9(3,6-10)13-16(14,15)8-4-11-12-5-8/h4-5,7,13H,6,10H2,1-3H3,(H,11,12). The van der Waals surface area contributed by atoms with Crippen LogP contribution in [0.25, 0.3) is 0 Å². The largest absolute Gasteiger partial charge is 0.329 e. The summed E-state index contributed by atoms with van der Waals surface area (Å²) < 4.78 is 26.5. The highest BCUT2D eigenvalue weighted by Gasteiger charge is 2.32. The summed E-state index contributed by atoms with van der Waals surface area (Å²) in [5.74, 6) is 0.0965. The lowest BCUT2D eigenvalue weighted by Gasteiger charge is -2.32. The first-order valence-electron chi connectivity index (χ1n) is 5.04. The maximum Gasteiger partial charge on any atom is 0.244 e. The summed E-state index contributed by atoms with van der Waals surface area (Å²) in [6.07, 6.45) is 2.60. The number of H-pyrrole nitrogens is 1. The monoisotopic (exact) mass is 246 g/mol. The molecule has 0 aliphatic rings. The number of aromatic nitrogens is 2. The van der Waals surface area contributed by atoms with E-state index in [4.69, 9.17) is 5.73 Å². The molecule has 1 atom stereocenters. The normalized spacial score (nSPS) is 16.3. The Morgan fingerprint density at radius 3 is 2.62 bits per heavy atom. The number of hydrogen-bond donors (Lipinski definition) is 3. The Morgan fingerprint density at radius 1 is 1.62 bits per heavy atom. The van der Waals surface area contributed by atoms with Gasteiger partial charge in [0.05, 0.1) is 6.20 Å². The fourth-order valence-corrected chi connectivity index (χ4v) is 2.60. The second-order valence-electron chi connectivity index (χ2n) is 4.32. The van der Waals surface area contributed by atoms with Crippen molar-refractivity contribution in [2.75, 3.05) is 6.54 Å². The zero-order valence-electron chi connectivity index (χ0n) is 9.69. The molecule has 0 bridgehead atoms. The van der Waals surface area contributed by atoms with Crippen LogP contribution in [0.3, 0.4) is 0 Å². The second-order valence-corrected chi connectivity index (χ2v) is 6.00. The lowest BCUT2D eigenvalue weighted by Crippen LogP contribution is -2.54. The summed E-state index contributed by atoms with van der Waals surface area (Å²) in [7, 11) is -3.56. The molecule has 0 aliphatic heterocycles. The average molecular weight is 246 g/mol. The highest BCUT2D eigenvalue weighted by Crippen LogP contribution is 2.18. The van der Waals surface area contributed by atoms with Crippen LogP contribution in [0.4, 0.5) is 0 Å². The molecule has 1 aromatic rings. The van der Waals surface area contributed by atoms with Crippen molar-refractivity contribution in [2.24, 2.45) is 11.7 Å². The molecule has 7 heteroatoms. The van der Waals surface area contributed by atoms with Gasteiger partial charge in [0, 0.05) is 18.3 Å². The van der Waals surface area contributed by atoms with E-state index in [-0.39, 0.29) is 17.4 Å². The van der Waals surface area contributed by atoms with Gasteiger partial charge in [0.2, 0.25) is 10.0 Å². The molecule has 16 heavy (non-hydrogen) atoms. The van der Waals surface area contributed by atoms with Gasteiger partial charge >= 0.3 is 0 Å². The van der Waals surface area contributed by atoms with Gasteiger partial charge in [0.25, 0.3) is 0 Å². The Labute approximate surface area is 95.7 Å². The fourth-order valence-electron chi connectivity index (χ4n) is 1.15. The van der Waals surface area contributed by atoms with E-state index in [1.807, 2.05) is 13.8 Å². The number of aromatic amines is 1. The molecule has 92 valence electrons. The molecule has 1 unspecified atom stereocenters. The Morgan fingerprint density at radius 2 is 2.25 bits per heavy atom. The number of nitrogens with zero attached hydrogens (tertiary/aromatic N) is 1. The molecule has 0 amide bonds. The van der Waals surface area contributed by atoms with E-state index in [0.29, 0.717) is 0 Å². The van der Waals surface area contributed by atoms with E-state index in [9.17, 15) is 8.42 Å². The molecular formula is C9H18N4O2S. The Kier molecular flexibility index (Phi) is 3.72. The van der Waals surface area contributed by atoms with Gasteiger partial charge in [-0.1, -0.05) is 13.8 Å². The van der Waals surface area contributed by atoms with Crippen molar-refractivity contribution >= 4 is 10.0 Å². The van der Waals surface area contributed by atoms with Crippen LogP contribution in [-0.2, 0) is 10.0 Å². The lowest BCUT2D eigenvalue weighted by molar-refractivity contribution is 0.315. The Bertz CT molecular complexity index is 426. The van der Waals surface area contributed by atoms with E-state index in [2.05, 4.69) is 14.9 Å². The molecular weight excluding hydrogens is 228 g/mol. The summed E-state index contributed by atoms with van der Waals surface area (Å²) in [5.41, 5.74) is 4.96. The molecule has 6 nitrogen and oxygen atoms in total. The fraction of sp³-hybridized carbons (Fsp3) is 0.667. The zero-order valence-corrected chi connectivity index (χ0v) is 10.5.